The molecule has 0 bridgehead atoms. The number of rotatable bonds is 2. The lowest BCUT2D eigenvalue weighted by molar-refractivity contribution is -0.136. The van der Waals surface area contributed by atoms with Gasteiger partial charge in [-0.2, -0.15) is 0 Å². The Labute approximate surface area is 113 Å². The highest BCUT2D eigenvalue weighted by molar-refractivity contribution is 8.00. The molecule has 1 aromatic heterocycles. The Morgan fingerprint density at radius 3 is 2.79 bits per heavy atom. The lowest BCUT2D eigenvalue weighted by atomic mass is 10.0. The molecular weight excluding hydrogens is 264 g/mol. The van der Waals surface area contributed by atoms with Crippen LogP contribution in [-0.4, -0.2) is 31.2 Å². The maximum atomic E-state index is 11.4. The fourth-order valence-electron chi connectivity index (χ4n) is 2.06. The monoisotopic (exact) mass is 276 g/mol. The molecule has 2 atom stereocenters. The van der Waals surface area contributed by atoms with Crippen molar-refractivity contribution in [3.63, 3.8) is 0 Å². The third kappa shape index (κ3) is 2.06. The zero-order valence-corrected chi connectivity index (χ0v) is 11.0. The Hall–Kier alpha value is -2.02. The summed E-state index contributed by atoms with van der Waals surface area (Å²) in [7, 11) is 0. The van der Waals surface area contributed by atoms with Crippen LogP contribution < -0.4 is 5.43 Å². The first-order valence-electron chi connectivity index (χ1n) is 5.80. The summed E-state index contributed by atoms with van der Waals surface area (Å²) in [4.78, 5) is 11.4. The summed E-state index contributed by atoms with van der Waals surface area (Å²) in [5, 5.41) is 17.3. The molecule has 6 nitrogen and oxygen atoms in total. The van der Waals surface area contributed by atoms with E-state index in [-0.39, 0.29) is 6.04 Å². The molecule has 2 N–H and O–H groups in total. The largest absolute Gasteiger partial charge is 0.480 e. The molecule has 0 fully saturated rings. The third-order valence-corrected chi connectivity index (χ3v) is 4.20. The number of benzene rings is 1. The van der Waals surface area contributed by atoms with Gasteiger partial charge in [0.1, 0.15) is 11.1 Å². The van der Waals surface area contributed by atoms with Crippen LogP contribution >= 0.6 is 11.8 Å². The van der Waals surface area contributed by atoms with Crippen LogP contribution in [0.4, 0.5) is 0 Å². The van der Waals surface area contributed by atoms with Gasteiger partial charge in [-0.1, -0.05) is 42.1 Å². The fourth-order valence-corrected chi connectivity index (χ4v) is 3.12. The van der Waals surface area contributed by atoms with Crippen LogP contribution in [0.1, 0.15) is 17.4 Å². The maximum Gasteiger partial charge on any atom is 0.319 e. The smallest absolute Gasteiger partial charge is 0.319 e. The van der Waals surface area contributed by atoms with E-state index in [0.29, 0.717) is 11.0 Å². The van der Waals surface area contributed by atoms with Crippen LogP contribution in [0.3, 0.4) is 0 Å². The number of aryl methyl sites for hydroxylation is 1. The lowest BCUT2D eigenvalue weighted by Gasteiger charge is -2.31. The standard InChI is InChI=1S/C12H12N4O2S/c1-7-13-14-12-16(7)15-9(10(19-12)11(17)18)8-5-3-2-4-6-8/h2-6,9-10,15H,1H3,(H,17,18). The minimum Gasteiger partial charge on any atom is -0.480 e. The van der Waals surface area contributed by atoms with Crippen molar-refractivity contribution >= 4 is 17.7 Å². The first-order valence-corrected chi connectivity index (χ1v) is 6.68. The molecule has 0 saturated carbocycles. The Morgan fingerprint density at radius 1 is 1.37 bits per heavy atom. The molecule has 98 valence electrons. The van der Waals surface area contributed by atoms with E-state index in [1.165, 1.54) is 11.8 Å². The molecule has 1 aromatic carbocycles. The lowest BCUT2D eigenvalue weighted by Crippen LogP contribution is -2.38. The van der Waals surface area contributed by atoms with Crippen molar-refractivity contribution in [1.29, 1.82) is 0 Å². The van der Waals surface area contributed by atoms with Crippen molar-refractivity contribution in [2.75, 3.05) is 5.43 Å². The van der Waals surface area contributed by atoms with E-state index in [1.807, 2.05) is 37.3 Å². The molecule has 0 amide bonds. The van der Waals surface area contributed by atoms with Crippen LogP contribution in [0.15, 0.2) is 35.5 Å². The normalized spacial score (nSPS) is 21.5. The Kier molecular flexibility index (Phi) is 2.90. The summed E-state index contributed by atoms with van der Waals surface area (Å²) in [6.45, 7) is 1.83. The summed E-state index contributed by atoms with van der Waals surface area (Å²) >= 11 is 1.22. The molecule has 2 aromatic rings. The first-order chi connectivity index (χ1) is 9.16. The summed E-state index contributed by atoms with van der Waals surface area (Å²) in [6, 6.07) is 9.22. The van der Waals surface area contributed by atoms with Gasteiger partial charge in [-0.25, -0.2) is 4.68 Å². The van der Waals surface area contributed by atoms with Gasteiger partial charge in [0, 0.05) is 0 Å². The third-order valence-electron chi connectivity index (χ3n) is 3.00. The van der Waals surface area contributed by atoms with Crippen molar-refractivity contribution in [2.45, 2.75) is 23.4 Å². The number of fused-ring (bicyclic) bond motifs is 1. The Morgan fingerprint density at radius 2 is 2.11 bits per heavy atom. The van der Waals surface area contributed by atoms with Crippen LogP contribution in [0.25, 0.3) is 0 Å². The van der Waals surface area contributed by atoms with Gasteiger partial charge in [0.25, 0.3) is 0 Å². The summed E-state index contributed by atoms with van der Waals surface area (Å²) < 4.78 is 1.74. The SMILES string of the molecule is Cc1nnc2n1NC(c1ccccc1)C(C(=O)O)S2. The molecule has 1 aliphatic heterocycles. The van der Waals surface area contributed by atoms with Gasteiger partial charge >= 0.3 is 5.97 Å². The predicted octanol–water partition coefficient (Wildman–Crippen LogP) is 1.43. The van der Waals surface area contributed by atoms with E-state index in [0.717, 1.165) is 5.56 Å². The minimum atomic E-state index is -0.863. The Bertz CT molecular complexity index is 613. The van der Waals surface area contributed by atoms with E-state index in [4.69, 9.17) is 0 Å². The topological polar surface area (TPSA) is 80.0 Å². The number of carboxylic acid groups (broad SMARTS) is 1. The highest BCUT2D eigenvalue weighted by Gasteiger charge is 2.37. The fraction of sp³-hybridized carbons (Fsp3) is 0.250. The zero-order chi connectivity index (χ0) is 13.4. The van der Waals surface area contributed by atoms with Crippen molar-refractivity contribution in [3.05, 3.63) is 41.7 Å². The van der Waals surface area contributed by atoms with Gasteiger partial charge in [-0.3, -0.25) is 4.79 Å². The number of carbonyl (C=O) groups is 1. The van der Waals surface area contributed by atoms with Gasteiger partial charge in [-0.05, 0) is 12.5 Å². The second kappa shape index (κ2) is 4.58. The molecule has 2 heterocycles. The highest BCUT2D eigenvalue weighted by atomic mass is 32.2. The van der Waals surface area contributed by atoms with Crippen LogP contribution in [0.5, 0.6) is 0 Å². The van der Waals surface area contributed by atoms with Gasteiger partial charge in [0.05, 0.1) is 6.04 Å². The van der Waals surface area contributed by atoms with E-state index in [1.54, 1.807) is 4.68 Å². The zero-order valence-electron chi connectivity index (χ0n) is 10.1. The molecular formula is C12H12N4O2S. The summed E-state index contributed by atoms with van der Waals surface area (Å²) in [6.07, 6.45) is 0. The molecule has 0 saturated heterocycles. The molecule has 7 heteroatoms. The number of carboxylic acids is 1. The number of hydrogen-bond acceptors (Lipinski definition) is 5. The van der Waals surface area contributed by atoms with E-state index in [2.05, 4.69) is 15.6 Å². The predicted molar refractivity (Wildman–Crippen MR) is 70.6 cm³/mol. The van der Waals surface area contributed by atoms with Gasteiger partial charge in [-0.15, -0.1) is 10.2 Å². The van der Waals surface area contributed by atoms with Crippen molar-refractivity contribution in [1.82, 2.24) is 14.9 Å². The van der Waals surface area contributed by atoms with Crippen molar-refractivity contribution < 1.29 is 9.90 Å². The van der Waals surface area contributed by atoms with Gasteiger partial charge < -0.3 is 10.5 Å². The average Bonchev–Trinajstić information content (AvgIpc) is 2.79. The minimum absolute atomic E-state index is 0.314. The molecule has 19 heavy (non-hydrogen) atoms. The van der Waals surface area contributed by atoms with Crippen LogP contribution in [0, 0.1) is 6.92 Å². The first kappa shape index (κ1) is 12.0. The molecule has 0 aliphatic carbocycles. The van der Waals surface area contributed by atoms with Gasteiger partial charge in [0.15, 0.2) is 0 Å². The number of aromatic nitrogens is 3. The van der Waals surface area contributed by atoms with E-state index in [9.17, 15) is 9.90 Å². The highest BCUT2D eigenvalue weighted by Crippen LogP contribution is 2.36. The second-order valence-electron chi connectivity index (χ2n) is 4.26. The Balaban J connectivity index is 2.02. The molecule has 2 unspecified atom stereocenters. The molecule has 0 spiro atoms. The van der Waals surface area contributed by atoms with E-state index >= 15 is 0 Å². The van der Waals surface area contributed by atoms with Crippen molar-refractivity contribution in [3.8, 4) is 0 Å². The van der Waals surface area contributed by atoms with E-state index < -0.39 is 11.2 Å². The number of aliphatic carboxylic acids is 1. The molecule has 3 rings (SSSR count). The summed E-state index contributed by atoms with van der Waals surface area (Å²) in [5.41, 5.74) is 4.11. The molecule has 0 radical (unpaired) electrons. The summed E-state index contributed by atoms with van der Waals surface area (Å²) in [5.74, 6) is -0.148. The van der Waals surface area contributed by atoms with Crippen LogP contribution in [-0.2, 0) is 4.79 Å². The maximum absolute atomic E-state index is 11.4. The number of nitrogens with one attached hydrogen (secondary N) is 1. The van der Waals surface area contributed by atoms with Gasteiger partial charge in [0.2, 0.25) is 5.16 Å². The number of hydrogen-bond donors (Lipinski definition) is 2. The average molecular weight is 276 g/mol. The quantitative estimate of drug-likeness (QED) is 0.863. The number of nitrogens with zero attached hydrogens (tertiary/aromatic N) is 3. The second-order valence-corrected chi connectivity index (χ2v) is 5.37. The van der Waals surface area contributed by atoms with Crippen LogP contribution in [0.2, 0.25) is 0 Å². The molecule has 1 aliphatic rings. The van der Waals surface area contributed by atoms with Crippen molar-refractivity contribution in [2.24, 2.45) is 0 Å². The number of thioether (sulfide) groups is 1.